The summed E-state index contributed by atoms with van der Waals surface area (Å²) in [6, 6.07) is 1.13. The lowest BCUT2D eigenvalue weighted by molar-refractivity contribution is -0.00102. The highest BCUT2D eigenvalue weighted by Crippen LogP contribution is 2.22. The lowest BCUT2D eigenvalue weighted by atomic mass is 9.92. The quantitative estimate of drug-likeness (QED) is 0.799. The van der Waals surface area contributed by atoms with Crippen molar-refractivity contribution in [2.45, 2.75) is 59.2 Å². The van der Waals surface area contributed by atoms with Crippen LogP contribution in [0.5, 0.6) is 0 Å². The topological polar surface area (TPSA) is 24.5 Å². The summed E-state index contributed by atoms with van der Waals surface area (Å²) in [4.78, 5) is 2.62. The van der Waals surface area contributed by atoms with Crippen molar-refractivity contribution in [3.63, 3.8) is 0 Å². The van der Waals surface area contributed by atoms with E-state index in [0.29, 0.717) is 18.0 Å². The molecule has 0 amide bonds. The number of ether oxygens (including phenoxy) is 1. The predicted octanol–water partition coefficient (Wildman–Crippen LogP) is 2.12. The molecule has 1 aliphatic rings. The first-order chi connectivity index (χ1) is 7.87. The van der Waals surface area contributed by atoms with Crippen LogP contribution in [0.1, 0.15) is 41.5 Å². The number of nitrogens with one attached hydrogen (secondary N) is 1. The molecule has 0 saturated carbocycles. The molecule has 0 spiro atoms. The van der Waals surface area contributed by atoms with Gasteiger partial charge in [-0.15, -0.1) is 0 Å². The Morgan fingerprint density at radius 2 is 2.00 bits per heavy atom. The van der Waals surface area contributed by atoms with Gasteiger partial charge in [-0.25, -0.2) is 0 Å². The Bertz CT molecular complexity index is 228. The lowest BCUT2D eigenvalue weighted by Crippen LogP contribution is -2.65. The van der Waals surface area contributed by atoms with E-state index in [4.69, 9.17) is 4.74 Å². The van der Waals surface area contributed by atoms with Crippen molar-refractivity contribution in [2.24, 2.45) is 5.92 Å². The molecule has 0 aromatic rings. The van der Waals surface area contributed by atoms with Crippen molar-refractivity contribution < 1.29 is 4.74 Å². The van der Waals surface area contributed by atoms with Crippen LogP contribution >= 0.6 is 0 Å². The molecule has 1 N–H and O–H groups in total. The molecule has 0 aliphatic carbocycles. The minimum atomic E-state index is 0.214. The molecular formula is C14H30N2O. The van der Waals surface area contributed by atoms with E-state index in [1.165, 1.54) is 0 Å². The molecule has 3 nitrogen and oxygen atoms in total. The van der Waals surface area contributed by atoms with Crippen LogP contribution in [0.15, 0.2) is 0 Å². The zero-order chi connectivity index (χ0) is 13.1. The maximum absolute atomic E-state index is 5.58. The Morgan fingerprint density at radius 3 is 2.53 bits per heavy atom. The second kappa shape index (κ2) is 6.17. The van der Waals surface area contributed by atoms with E-state index >= 15 is 0 Å². The Labute approximate surface area is 107 Å². The van der Waals surface area contributed by atoms with Crippen LogP contribution < -0.4 is 5.32 Å². The van der Waals surface area contributed by atoms with E-state index in [0.717, 1.165) is 26.3 Å². The predicted molar refractivity (Wildman–Crippen MR) is 73.4 cm³/mol. The fourth-order valence-corrected chi connectivity index (χ4v) is 2.61. The van der Waals surface area contributed by atoms with Gasteiger partial charge in [-0.1, -0.05) is 13.8 Å². The van der Waals surface area contributed by atoms with E-state index in [1.807, 2.05) is 0 Å². The van der Waals surface area contributed by atoms with Gasteiger partial charge >= 0.3 is 0 Å². The summed E-state index contributed by atoms with van der Waals surface area (Å²) >= 11 is 0. The van der Waals surface area contributed by atoms with Crippen LogP contribution in [0.3, 0.4) is 0 Å². The molecule has 0 aromatic heterocycles. The Balaban J connectivity index is 2.66. The highest BCUT2D eigenvalue weighted by molar-refractivity contribution is 4.95. The molecule has 1 fully saturated rings. The zero-order valence-corrected chi connectivity index (χ0v) is 12.4. The minimum absolute atomic E-state index is 0.214. The van der Waals surface area contributed by atoms with Gasteiger partial charge in [0.1, 0.15) is 0 Å². The van der Waals surface area contributed by atoms with Gasteiger partial charge in [-0.3, -0.25) is 4.90 Å². The fourth-order valence-electron chi connectivity index (χ4n) is 2.61. The molecule has 1 heterocycles. The fraction of sp³-hybridized carbons (Fsp3) is 1.00. The van der Waals surface area contributed by atoms with Crippen molar-refractivity contribution in [1.29, 1.82) is 0 Å². The summed E-state index contributed by atoms with van der Waals surface area (Å²) in [6.07, 6.45) is 0. The first kappa shape index (κ1) is 14.9. The highest BCUT2D eigenvalue weighted by atomic mass is 16.5. The Kier molecular flexibility index (Phi) is 5.42. The van der Waals surface area contributed by atoms with Gasteiger partial charge in [0.05, 0.1) is 6.61 Å². The average molecular weight is 242 g/mol. The summed E-state index contributed by atoms with van der Waals surface area (Å²) in [6.45, 7) is 17.4. The third-order valence-corrected chi connectivity index (χ3v) is 3.69. The smallest absolute Gasteiger partial charge is 0.0619 e. The maximum atomic E-state index is 5.58. The van der Waals surface area contributed by atoms with Crippen molar-refractivity contribution in [2.75, 3.05) is 26.3 Å². The van der Waals surface area contributed by atoms with Crippen LogP contribution in [0.25, 0.3) is 0 Å². The second-order valence-electron chi connectivity index (χ2n) is 6.26. The molecule has 0 aromatic carbocycles. The first-order valence-corrected chi connectivity index (χ1v) is 6.96. The van der Waals surface area contributed by atoms with Crippen LogP contribution in [0, 0.1) is 5.92 Å². The third-order valence-electron chi connectivity index (χ3n) is 3.69. The van der Waals surface area contributed by atoms with E-state index in [1.54, 1.807) is 0 Å². The van der Waals surface area contributed by atoms with Crippen LogP contribution in [-0.4, -0.2) is 48.8 Å². The number of rotatable bonds is 5. The van der Waals surface area contributed by atoms with Gasteiger partial charge < -0.3 is 10.1 Å². The van der Waals surface area contributed by atoms with Gasteiger partial charge in [0.25, 0.3) is 0 Å². The molecule has 1 saturated heterocycles. The first-order valence-electron chi connectivity index (χ1n) is 6.96. The summed E-state index contributed by atoms with van der Waals surface area (Å²) in [5, 5.41) is 3.65. The second-order valence-corrected chi connectivity index (χ2v) is 6.26. The van der Waals surface area contributed by atoms with Gasteiger partial charge in [-0.2, -0.15) is 0 Å². The number of nitrogens with zero attached hydrogens (tertiary/aromatic N) is 1. The normalized spacial score (nSPS) is 27.4. The SMILES string of the molecule is CCOCC(C)N1CC(C)(C)NCC1C(C)C. The van der Waals surface area contributed by atoms with Crippen molar-refractivity contribution >= 4 is 0 Å². The Morgan fingerprint density at radius 1 is 1.35 bits per heavy atom. The summed E-state index contributed by atoms with van der Waals surface area (Å²) in [5.41, 5.74) is 0.214. The van der Waals surface area contributed by atoms with E-state index < -0.39 is 0 Å². The van der Waals surface area contributed by atoms with Gasteiger partial charge in [0, 0.05) is 37.3 Å². The number of hydrogen-bond acceptors (Lipinski definition) is 3. The van der Waals surface area contributed by atoms with Crippen molar-refractivity contribution in [3.05, 3.63) is 0 Å². The molecular weight excluding hydrogens is 212 g/mol. The van der Waals surface area contributed by atoms with Gasteiger partial charge in [0.15, 0.2) is 0 Å². The molecule has 0 bridgehead atoms. The minimum Gasteiger partial charge on any atom is -0.380 e. The van der Waals surface area contributed by atoms with Gasteiger partial charge in [0.2, 0.25) is 0 Å². The molecule has 1 rings (SSSR count). The third kappa shape index (κ3) is 4.23. The molecule has 2 atom stereocenters. The maximum Gasteiger partial charge on any atom is 0.0619 e. The summed E-state index contributed by atoms with van der Waals surface area (Å²) in [5.74, 6) is 0.683. The Hall–Kier alpha value is -0.120. The monoisotopic (exact) mass is 242 g/mol. The van der Waals surface area contributed by atoms with Crippen LogP contribution in [0.4, 0.5) is 0 Å². The van der Waals surface area contributed by atoms with E-state index in [2.05, 4.69) is 51.8 Å². The van der Waals surface area contributed by atoms with E-state index in [-0.39, 0.29) is 5.54 Å². The largest absolute Gasteiger partial charge is 0.380 e. The summed E-state index contributed by atoms with van der Waals surface area (Å²) < 4.78 is 5.58. The molecule has 17 heavy (non-hydrogen) atoms. The zero-order valence-electron chi connectivity index (χ0n) is 12.4. The average Bonchev–Trinajstić information content (AvgIpc) is 2.24. The standard InChI is InChI=1S/C14H30N2O/c1-7-17-9-12(4)16-10-14(5,6)15-8-13(16)11(2)3/h11-13,15H,7-10H2,1-6H3. The van der Waals surface area contributed by atoms with Gasteiger partial charge in [-0.05, 0) is 33.6 Å². The lowest BCUT2D eigenvalue weighted by Gasteiger charge is -2.48. The van der Waals surface area contributed by atoms with Crippen LogP contribution in [0.2, 0.25) is 0 Å². The van der Waals surface area contributed by atoms with E-state index in [9.17, 15) is 0 Å². The van der Waals surface area contributed by atoms with Crippen molar-refractivity contribution in [3.8, 4) is 0 Å². The molecule has 1 aliphatic heterocycles. The summed E-state index contributed by atoms with van der Waals surface area (Å²) in [7, 11) is 0. The molecule has 0 radical (unpaired) electrons. The van der Waals surface area contributed by atoms with Crippen molar-refractivity contribution in [1.82, 2.24) is 10.2 Å². The highest BCUT2D eigenvalue weighted by Gasteiger charge is 2.36. The molecule has 2 unspecified atom stereocenters. The number of hydrogen-bond donors (Lipinski definition) is 1. The molecule has 3 heteroatoms. The number of piperazine rings is 1. The molecule has 102 valence electrons. The van der Waals surface area contributed by atoms with Crippen LogP contribution in [-0.2, 0) is 4.74 Å².